The molecule has 290 valence electrons. The lowest BCUT2D eigenvalue weighted by molar-refractivity contribution is 1.12. The normalized spacial score (nSPS) is 13.9. The summed E-state index contributed by atoms with van der Waals surface area (Å²) in [4.78, 5) is 2.36. The molecule has 3 aliphatic carbocycles. The second kappa shape index (κ2) is 20.8. The Morgan fingerprint density at radius 3 is 1.90 bits per heavy atom. The van der Waals surface area contributed by atoms with E-state index in [9.17, 15) is 0 Å². The van der Waals surface area contributed by atoms with Gasteiger partial charge in [0.05, 0.1) is 5.70 Å². The van der Waals surface area contributed by atoms with Crippen LogP contribution in [0.1, 0.15) is 49.8 Å². The quantitative estimate of drug-likeness (QED) is 0.166. The Balaban J connectivity index is 0.000000243. The Kier molecular flexibility index (Phi) is 14.1. The molecule has 0 fully saturated rings. The van der Waals surface area contributed by atoms with Crippen LogP contribution in [0.15, 0.2) is 241 Å². The van der Waals surface area contributed by atoms with Crippen LogP contribution in [0.3, 0.4) is 0 Å². The van der Waals surface area contributed by atoms with E-state index in [0.29, 0.717) is 0 Å². The van der Waals surface area contributed by atoms with E-state index in [-0.39, 0.29) is 0 Å². The molecule has 0 saturated heterocycles. The third-order valence-electron chi connectivity index (χ3n) is 10.2. The SMILES string of the molecule is C1=CC=C(/C(=C\c2ccccc2)N(c2ccccc2)c2ccc(-c3ccc(Nc4ccccc4)cc3)cc2)CC=C1.C1=CCC=C2CC=Cc3ccccc3C2=C1.CC. The predicted molar refractivity (Wildman–Crippen MR) is 257 cm³/mol. The van der Waals surface area contributed by atoms with E-state index in [1.54, 1.807) is 0 Å². The van der Waals surface area contributed by atoms with Gasteiger partial charge < -0.3 is 10.2 Å². The molecule has 0 atom stereocenters. The van der Waals surface area contributed by atoms with Crippen molar-refractivity contribution in [3.05, 3.63) is 258 Å². The molecule has 0 amide bonds. The highest BCUT2D eigenvalue weighted by Gasteiger charge is 2.19. The van der Waals surface area contributed by atoms with E-state index >= 15 is 0 Å². The topological polar surface area (TPSA) is 15.3 Å². The monoisotopic (exact) mass is 764 g/mol. The van der Waals surface area contributed by atoms with Gasteiger partial charge in [0.2, 0.25) is 0 Å². The molecule has 0 heterocycles. The maximum Gasteiger partial charge on any atom is 0.0502 e. The minimum Gasteiger partial charge on any atom is -0.356 e. The van der Waals surface area contributed by atoms with Crippen molar-refractivity contribution in [2.75, 3.05) is 10.2 Å². The first-order valence-electron chi connectivity index (χ1n) is 20.8. The molecule has 0 saturated carbocycles. The number of hydrogen-bond donors (Lipinski definition) is 1. The van der Waals surface area contributed by atoms with Crippen molar-refractivity contribution in [1.82, 2.24) is 0 Å². The Morgan fingerprint density at radius 2 is 1.15 bits per heavy atom. The summed E-state index contributed by atoms with van der Waals surface area (Å²) in [7, 11) is 0. The predicted octanol–water partition coefficient (Wildman–Crippen LogP) is 16.1. The summed E-state index contributed by atoms with van der Waals surface area (Å²) in [5.41, 5.74) is 15.9. The first-order chi connectivity index (χ1) is 29.3. The molecule has 0 radical (unpaired) electrons. The molecule has 9 rings (SSSR count). The number of rotatable bonds is 8. The van der Waals surface area contributed by atoms with Crippen LogP contribution in [0.5, 0.6) is 0 Å². The maximum absolute atomic E-state index is 3.46. The van der Waals surface area contributed by atoms with Crippen molar-refractivity contribution in [2.24, 2.45) is 0 Å². The Hall–Kier alpha value is -7.16. The molecule has 0 aliphatic heterocycles. The zero-order valence-corrected chi connectivity index (χ0v) is 34.1. The first-order valence-corrected chi connectivity index (χ1v) is 20.8. The number of hydrogen-bond acceptors (Lipinski definition) is 2. The van der Waals surface area contributed by atoms with Gasteiger partial charge in [0.25, 0.3) is 0 Å². The molecule has 2 heteroatoms. The van der Waals surface area contributed by atoms with Gasteiger partial charge in [0, 0.05) is 22.7 Å². The van der Waals surface area contributed by atoms with E-state index in [0.717, 1.165) is 47.7 Å². The number of benzene rings is 6. The van der Waals surface area contributed by atoms with Crippen LogP contribution in [0.4, 0.5) is 22.7 Å². The third kappa shape index (κ3) is 10.6. The van der Waals surface area contributed by atoms with Crippen LogP contribution < -0.4 is 10.2 Å². The van der Waals surface area contributed by atoms with Gasteiger partial charge in [-0.1, -0.05) is 196 Å². The molecule has 1 N–H and O–H groups in total. The van der Waals surface area contributed by atoms with Crippen LogP contribution in [0.2, 0.25) is 0 Å². The fourth-order valence-electron chi connectivity index (χ4n) is 7.34. The second-order valence-corrected chi connectivity index (χ2v) is 14.1. The number of fused-ring (bicyclic) bond motifs is 3. The first kappa shape index (κ1) is 40.1. The molecule has 2 nitrogen and oxygen atoms in total. The maximum atomic E-state index is 3.46. The summed E-state index contributed by atoms with van der Waals surface area (Å²) < 4.78 is 0. The van der Waals surface area contributed by atoms with Gasteiger partial charge in [-0.2, -0.15) is 0 Å². The molecular formula is C57H52N2. The van der Waals surface area contributed by atoms with Gasteiger partial charge in [-0.05, 0) is 118 Å². The van der Waals surface area contributed by atoms with Crippen LogP contribution >= 0.6 is 0 Å². The van der Waals surface area contributed by atoms with Crippen LogP contribution in [-0.2, 0) is 0 Å². The van der Waals surface area contributed by atoms with Gasteiger partial charge >= 0.3 is 0 Å². The summed E-state index contributed by atoms with van der Waals surface area (Å²) >= 11 is 0. The van der Waals surface area contributed by atoms with Gasteiger partial charge in [0.15, 0.2) is 0 Å². The van der Waals surface area contributed by atoms with Gasteiger partial charge in [-0.3, -0.25) is 0 Å². The number of para-hydroxylation sites is 2. The summed E-state index contributed by atoms with van der Waals surface area (Å²) in [6.07, 6.45) is 29.5. The Morgan fingerprint density at radius 1 is 0.525 bits per heavy atom. The van der Waals surface area contributed by atoms with E-state index in [1.807, 2.05) is 32.0 Å². The molecule has 6 aromatic carbocycles. The average molecular weight is 765 g/mol. The number of nitrogens with one attached hydrogen (secondary N) is 1. The molecule has 0 aromatic heterocycles. The van der Waals surface area contributed by atoms with Crippen molar-refractivity contribution in [2.45, 2.75) is 33.1 Å². The molecule has 6 aromatic rings. The van der Waals surface area contributed by atoms with E-state index in [4.69, 9.17) is 0 Å². The fourth-order valence-corrected chi connectivity index (χ4v) is 7.34. The minimum atomic E-state index is 0.858. The van der Waals surface area contributed by atoms with Crippen LogP contribution in [0.25, 0.3) is 28.9 Å². The highest BCUT2D eigenvalue weighted by atomic mass is 15.1. The highest BCUT2D eigenvalue weighted by Crippen LogP contribution is 2.37. The van der Waals surface area contributed by atoms with Gasteiger partial charge in [-0.15, -0.1) is 0 Å². The second-order valence-electron chi connectivity index (χ2n) is 14.1. The van der Waals surface area contributed by atoms with E-state index in [1.165, 1.54) is 44.5 Å². The van der Waals surface area contributed by atoms with Crippen molar-refractivity contribution < 1.29 is 0 Å². The zero-order valence-electron chi connectivity index (χ0n) is 34.1. The molecule has 3 aliphatic rings. The Labute approximate surface area is 351 Å². The van der Waals surface area contributed by atoms with Gasteiger partial charge in [0.1, 0.15) is 0 Å². The van der Waals surface area contributed by atoms with Crippen molar-refractivity contribution >= 4 is 40.5 Å². The van der Waals surface area contributed by atoms with Crippen LogP contribution in [-0.4, -0.2) is 0 Å². The summed E-state index contributed by atoms with van der Waals surface area (Å²) in [5.74, 6) is 0. The summed E-state index contributed by atoms with van der Waals surface area (Å²) in [6, 6.07) is 57.5. The summed E-state index contributed by atoms with van der Waals surface area (Å²) in [6.45, 7) is 4.00. The molecule has 0 bridgehead atoms. The van der Waals surface area contributed by atoms with Gasteiger partial charge in [-0.25, -0.2) is 0 Å². The van der Waals surface area contributed by atoms with Crippen molar-refractivity contribution in [3.63, 3.8) is 0 Å². The molecule has 59 heavy (non-hydrogen) atoms. The van der Waals surface area contributed by atoms with Crippen molar-refractivity contribution in [3.8, 4) is 11.1 Å². The Bertz CT molecular complexity index is 2510. The molecule has 0 unspecified atom stereocenters. The lowest BCUT2D eigenvalue weighted by Crippen LogP contribution is -2.18. The van der Waals surface area contributed by atoms with E-state index < -0.39 is 0 Å². The summed E-state index contributed by atoms with van der Waals surface area (Å²) in [5, 5.41) is 3.46. The number of allylic oxidation sites excluding steroid dienone is 13. The zero-order chi connectivity index (χ0) is 40.5. The molecular weight excluding hydrogens is 713 g/mol. The highest BCUT2D eigenvalue weighted by molar-refractivity contribution is 5.87. The third-order valence-corrected chi connectivity index (χ3v) is 10.2. The molecule has 0 spiro atoms. The van der Waals surface area contributed by atoms with E-state index in [2.05, 4.69) is 229 Å². The largest absolute Gasteiger partial charge is 0.356 e. The van der Waals surface area contributed by atoms with Crippen molar-refractivity contribution in [1.29, 1.82) is 0 Å². The average Bonchev–Trinajstić information content (AvgIpc) is 3.79. The van der Waals surface area contributed by atoms with Crippen LogP contribution in [0, 0.1) is 0 Å². The number of nitrogens with zero attached hydrogens (tertiary/aromatic N) is 1. The smallest absolute Gasteiger partial charge is 0.0502 e. The standard InChI is InChI=1S/C39H32N2.C16H14.C2H6/c1-2-9-17-34(16-8-1)39(30-31-14-6-3-7-15-31)41(37-20-12-5-13-21-37)38-28-24-33(25-29-38)32-22-26-36(27-23-32)40-35-18-10-4-11-19-35;1-2-7-13-9-6-10-14-8-4-5-12-16(14)15(13)11-3-1;1-2/h1-16,18-30,40H,17H2;1,3-8,10-12H,2,9H2;1-2H3/b39-30+;;. The lowest BCUT2D eigenvalue weighted by atomic mass is 9.94. The lowest BCUT2D eigenvalue weighted by Gasteiger charge is -2.30. The fraction of sp³-hybridized carbons (Fsp3) is 0.0877. The minimum absolute atomic E-state index is 0.858. The number of anilines is 4.